The number of unbranched alkanes of at least 4 members (excludes halogenated alkanes) is 44. The summed E-state index contributed by atoms with van der Waals surface area (Å²) in [6, 6.07) is 0. The van der Waals surface area contributed by atoms with Crippen molar-refractivity contribution in [2.24, 2.45) is 23.7 Å². The van der Waals surface area contributed by atoms with E-state index in [1.165, 1.54) is 218 Å². The molecule has 19 heteroatoms. The molecule has 0 aromatic carbocycles. The van der Waals surface area contributed by atoms with Crippen LogP contribution in [0.4, 0.5) is 0 Å². The van der Waals surface area contributed by atoms with E-state index in [1.54, 1.807) is 0 Å². The van der Waals surface area contributed by atoms with Crippen LogP contribution in [0, 0.1) is 23.7 Å². The number of aliphatic hydroxyl groups excluding tert-OH is 1. The van der Waals surface area contributed by atoms with Gasteiger partial charge in [-0.15, -0.1) is 0 Å². The molecule has 0 fully saturated rings. The van der Waals surface area contributed by atoms with Gasteiger partial charge in [0, 0.05) is 25.7 Å². The van der Waals surface area contributed by atoms with E-state index >= 15 is 0 Å². The van der Waals surface area contributed by atoms with Gasteiger partial charge in [0.05, 0.1) is 26.4 Å². The van der Waals surface area contributed by atoms with E-state index in [0.717, 1.165) is 120 Å². The number of phosphoric acid groups is 2. The number of carbonyl (C=O) groups excluding carboxylic acids is 4. The lowest BCUT2D eigenvalue weighted by molar-refractivity contribution is -0.161. The van der Waals surface area contributed by atoms with Crippen LogP contribution in [-0.2, 0) is 65.4 Å². The summed E-state index contributed by atoms with van der Waals surface area (Å²) in [4.78, 5) is 73.0. The summed E-state index contributed by atoms with van der Waals surface area (Å²) in [6.45, 7) is 14.3. The largest absolute Gasteiger partial charge is 0.472 e. The summed E-state index contributed by atoms with van der Waals surface area (Å²) >= 11 is 0. The maximum Gasteiger partial charge on any atom is 0.472 e. The minimum absolute atomic E-state index is 0.105. The van der Waals surface area contributed by atoms with E-state index in [9.17, 15) is 43.2 Å². The zero-order valence-electron chi connectivity index (χ0n) is 66.5. The van der Waals surface area contributed by atoms with Crippen LogP contribution in [0.25, 0.3) is 0 Å². The Kier molecular flexibility index (Phi) is 69.6. The highest BCUT2D eigenvalue weighted by Crippen LogP contribution is 2.45. The Balaban J connectivity index is 5.23. The fraction of sp³-hybridized carbons (Fsp3) is 0.951. The van der Waals surface area contributed by atoms with Crippen molar-refractivity contribution in [3.05, 3.63) is 0 Å². The highest BCUT2D eigenvalue weighted by molar-refractivity contribution is 7.47. The van der Waals surface area contributed by atoms with Gasteiger partial charge < -0.3 is 33.8 Å². The molecule has 3 N–H and O–H groups in total. The Morgan fingerprint density at radius 1 is 0.277 bits per heavy atom. The van der Waals surface area contributed by atoms with Gasteiger partial charge in [0.15, 0.2) is 12.2 Å². The minimum Gasteiger partial charge on any atom is -0.462 e. The highest BCUT2D eigenvalue weighted by atomic mass is 31.2. The van der Waals surface area contributed by atoms with Gasteiger partial charge in [0.2, 0.25) is 0 Å². The normalized spacial score (nSPS) is 14.3. The third-order valence-electron chi connectivity index (χ3n) is 19.4. The molecule has 0 bridgehead atoms. The van der Waals surface area contributed by atoms with Crippen molar-refractivity contribution in [1.29, 1.82) is 0 Å². The van der Waals surface area contributed by atoms with E-state index in [-0.39, 0.29) is 25.7 Å². The average molecular weight is 1480 g/mol. The fourth-order valence-corrected chi connectivity index (χ4v) is 14.2. The summed E-state index contributed by atoms with van der Waals surface area (Å²) in [5.41, 5.74) is 0. The number of carbonyl (C=O) groups is 4. The standard InChI is InChI=1S/C82H160O17P2/c1-9-75(8)61-53-45-40-41-47-55-63-80(85)93-69-78(99-82(87)65-57-49-39-33-27-21-24-30-36-44-52-60-74(6)7)71-97-101(90,91)95-67-76(83)66-94-100(88,89)96-70-77(68-92-79(84)62-54-46-37-31-25-20-16-18-23-29-35-43-51-59-73(4)5)98-81(86)64-56-48-38-32-26-19-15-13-11-10-12-14-17-22-28-34-42-50-58-72(2)3/h72-78,83H,9-71H2,1-8H3,(H,88,89)(H,90,91)/t75?,76-,77-,78-/m1/s1. The molecule has 0 aliphatic heterocycles. The third kappa shape index (κ3) is 74.7. The van der Waals surface area contributed by atoms with Crippen LogP contribution in [0.1, 0.15) is 421 Å². The summed E-state index contributed by atoms with van der Waals surface area (Å²) in [6.07, 6.45) is 58.3. The van der Waals surface area contributed by atoms with Crippen LogP contribution < -0.4 is 0 Å². The van der Waals surface area contributed by atoms with Crippen molar-refractivity contribution in [3.8, 4) is 0 Å². The van der Waals surface area contributed by atoms with E-state index in [2.05, 4.69) is 55.4 Å². The predicted octanol–water partition coefficient (Wildman–Crippen LogP) is 24.4. The first-order valence-corrected chi connectivity index (χ1v) is 45.2. The number of phosphoric ester groups is 2. The van der Waals surface area contributed by atoms with Gasteiger partial charge in [-0.25, -0.2) is 9.13 Å². The first-order valence-electron chi connectivity index (χ1n) is 42.2. The smallest absolute Gasteiger partial charge is 0.462 e. The van der Waals surface area contributed by atoms with Crippen molar-refractivity contribution in [2.45, 2.75) is 440 Å². The molecule has 0 radical (unpaired) electrons. The van der Waals surface area contributed by atoms with E-state index < -0.39 is 97.5 Å². The molecule has 0 saturated heterocycles. The number of rotatable bonds is 79. The Bertz CT molecular complexity index is 1970. The van der Waals surface area contributed by atoms with Crippen molar-refractivity contribution in [3.63, 3.8) is 0 Å². The number of hydrogen-bond acceptors (Lipinski definition) is 15. The Morgan fingerprint density at radius 2 is 0.475 bits per heavy atom. The molecule has 0 saturated carbocycles. The first-order chi connectivity index (χ1) is 48.6. The Labute approximate surface area is 619 Å². The molecule has 0 aromatic heterocycles. The molecule has 0 rings (SSSR count). The van der Waals surface area contributed by atoms with Gasteiger partial charge >= 0.3 is 39.5 Å². The number of esters is 4. The second-order valence-corrected chi connectivity index (χ2v) is 34.1. The van der Waals surface area contributed by atoms with E-state index in [1.807, 2.05) is 0 Å². The van der Waals surface area contributed by atoms with Crippen LogP contribution in [0.15, 0.2) is 0 Å². The van der Waals surface area contributed by atoms with E-state index in [0.29, 0.717) is 25.7 Å². The molecule has 3 unspecified atom stereocenters. The Morgan fingerprint density at radius 3 is 0.703 bits per heavy atom. The van der Waals surface area contributed by atoms with Crippen LogP contribution in [0.5, 0.6) is 0 Å². The van der Waals surface area contributed by atoms with Crippen LogP contribution in [0.3, 0.4) is 0 Å². The minimum atomic E-state index is -4.96. The average Bonchev–Trinajstić information content (AvgIpc) is 0.933. The lowest BCUT2D eigenvalue weighted by Crippen LogP contribution is -2.30. The molecule has 17 nitrogen and oxygen atoms in total. The van der Waals surface area contributed by atoms with Crippen LogP contribution >= 0.6 is 15.6 Å². The maximum absolute atomic E-state index is 13.1. The molecule has 0 heterocycles. The lowest BCUT2D eigenvalue weighted by Gasteiger charge is -2.21. The molecule has 0 aliphatic rings. The molecule has 6 atom stereocenters. The maximum atomic E-state index is 13.1. The van der Waals surface area contributed by atoms with E-state index in [4.69, 9.17) is 37.0 Å². The van der Waals surface area contributed by atoms with Gasteiger partial charge in [-0.05, 0) is 49.4 Å². The van der Waals surface area contributed by atoms with Crippen LogP contribution in [-0.4, -0.2) is 96.7 Å². The molecular formula is C82H160O17P2. The fourth-order valence-electron chi connectivity index (χ4n) is 12.6. The molecule has 0 spiro atoms. The Hall–Kier alpha value is -1.94. The summed E-state index contributed by atoms with van der Waals surface area (Å²) in [5, 5.41) is 10.6. The monoisotopic (exact) mass is 1480 g/mol. The molecule has 600 valence electrons. The van der Waals surface area contributed by atoms with Crippen molar-refractivity contribution >= 4 is 39.5 Å². The number of aliphatic hydroxyl groups is 1. The molecule has 0 aromatic rings. The molecule has 101 heavy (non-hydrogen) atoms. The first kappa shape index (κ1) is 99.1. The summed E-state index contributed by atoms with van der Waals surface area (Å²) < 4.78 is 68.7. The SMILES string of the molecule is CCC(C)CCCCCCCCC(=O)OC[C@H](COP(=O)(O)OC[C@H](O)COP(=O)(O)OC[C@@H](COC(=O)CCCCCCCCCCCCCCCC(C)C)OC(=O)CCCCCCCCCCCCCCCCCCCCC(C)C)OC(=O)CCCCCCCCCCCCCC(C)C. The number of hydrogen-bond donors (Lipinski definition) is 3. The zero-order chi connectivity index (χ0) is 74.6. The van der Waals surface area contributed by atoms with Crippen molar-refractivity contribution in [2.75, 3.05) is 39.6 Å². The number of ether oxygens (including phenoxy) is 4. The topological polar surface area (TPSA) is 237 Å². The highest BCUT2D eigenvalue weighted by Gasteiger charge is 2.30. The lowest BCUT2D eigenvalue weighted by atomic mass is 10.00. The van der Waals surface area contributed by atoms with Gasteiger partial charge in [-0.2, -0.15) is 0 Å². The molecule has 0 aliphatic carbocycles. The summed E-state index contributed by atoms with van der Waals surface area (Å²) in [7, 11) is -9.92. The van der Waals surface area contributed by atoms with Gasteiger partial charge in [-0.1, -0.05) is 370 Å². The summed E-state index contributed by atoms with van der Waals surface area (Å²) in [5.74, 6) is 0.994. The second-order valence-electron chi connectivity index (χ2n) is 31.2. The van der Waals surface area contributed by atoms with Crippen LogP contribution in [0.2, 0.25) is 0 Å². The van der Waals surface area contributed by atoms with Gasteiger partial charge in [-0.3, -0.25) is 37.3 Å². The van der Waals surface area contributed by atoms with Gasteiger partial charge in [0.25, 0.3) is 0 Å². The molecular weight excluding hydrogens is 1320 g/mol. The second kappa shape index (κ2) is 71.0. The quantitative estimate of drug-likeness (QED) is 0.0222. The zero-order valence-corrected chi connectivity index (χ0v) is 68.3. The molecule has 0 amide bonds. The third-order valence-corrected chi connectivity index (χ3v) is 21.3. The predicted molar refractivity (Wildman–Crippen MR) is 414 cm³/mol. The van der Waals surface area contributed by atoms with Gasteiger partial charge in [0.1, 0.15) is 19.3 Å². The van der Waals surface area contributed by atoms with Crippen molar-refractivity contribution in [1.82, 2.24) is 0 Å². The van der Waals surface area contributed by atoms with Crippen molar-refractivity contribution < 1.29 is 80.2 Å².